The number of amides is 1. The van der Waals surface area contributed by atoms with E-state index in [-0.39, 0.29) is 12.5 Å². The van der Waals surface area contributed by atoms with Gasteiger partial charge in [0.2, 0.25) is 5.13 Å². The first kappa shape index (κ1) is 16.4. The van der Waals surface area contributed by atoms with Crippen LogP contribution in [-0.2, 0) is 9.53 Å². The van der Waals surface area contributed by atoms with Gasteiger partial charge in [-0.15, -0.1) is 10.2 Å². The second-order valence-electron chi connectivity index (χ2n) is 4.63. The van der Waals surface area contributed by atoms with E-state index < -0.39 is 0 Å². The fraction of sp³-hybridized carbons (Fsp3) is 0.125. The normalized spacial score (nSPS) is 11.0. The number of benzene rings is 1. The second kappa shape index (κ2) is 7.89. The zero-order valence-corrected chi connectivity index (χ0v) is 14.4. The molecule has 1 amide bonds. The number of ether oxygens (including phenoxy) is 1. The third-order valence-corrected chi connectivity index (χ3v) is 4.87. The molecule has 3 aromatic rings. The van der Waals surface area contributed by atoms with Crippen LogP contribution < -0.4 is 5.32 Å². The van der Waals surface area contributed by atoms with E-state index in [9.17, 15) is 4.79 Å². The van der Waals surface area contributed by atoms with Crippen molar-refractivity contribution in [3.63, 3.8) is 0 Å². The Hall–Kier alpha value is -2.45. The standard InChI is InChI=1S/C16H14N4O2S2/c1-2-9-22-10-14(21)18-15-19-20-16(24-15)23-13-7-8-17-12-6-4-3-5-11(12)13/h2-9H,10H2,1H3,(H,18,19,21)/b9-2+. The number of nitrogens with one attached hydrogen (secondary N) is 1. The van der Waals surface area contributed by atoms with Gasteiger partial charge in [-0.3, -0.25) is 15.1 Å². The Kier molecular flexibility index (Phi) is 5.39. The smallest absolute Gasteiger partial charge is 0.264 e. The predicted molar refractivity (Wildman–Crippen MR) is 95.2 cm³/mol. The van der Waals surface area contributed by atoms with Gasteiger partial charge < -0.3 is 4.74 Å². The summed E-state index contributed by atoms with van der Waals surface area (Å²) in [6.07, 6.45) is 4.95. The highest BCUT2D eigenvalue weighted by atomic mass is 32.2. The number of rotatable bonds is 6. The minimum Gasteiger partial charge on any atom is -0.492 e. The van der Waals surface area contributed by atoms with Crippen molar-refractivity contribution in [1.82, 2.24) is 15.2 Å². The summed E-state index contributed by atoms with van der Waals surface area (Å²) < 4.78 is 5.77. The molecule has 0 saturated carbocycles. The molecule has 0 aliphatic heterocycles. The molecular weight excluding hydrogens is 344 g/mol. The summed E-state index contributed by atoms with van der Waals surface area (Å²) in [5, 5.41) is 12.3. The van der Waals surface area contributed by atoms with Crippen molar-refractivity contribution >= 4 is 45.0 Å². The molecule has 1 N–H and O–H groups in total. The number of aromatic nitrogens is 3. The van der Waals surface area contributed by atoms with Gasteiger partial charge in [0.05, 0.1) is 11.8 Å². The first-order chi connectivity index (χ1) is 11.8. The van der Waals surface area contributed by atoms with E-state index in [1.165, 1.54) is 29.4 Å². The minimum absolute atomic E-state index is 0.0542. The molecule has 1 aromatic carbocycles. The molecule has 2 heterocycles. The average molecular weight is 358 g/mol. The molecule has 2 aromatic heterocycles. The fourth-order valence-corrected chi connectivity index (χ4v) is 3.78. The van der Waals surface area contributed by atoms with Crippen LogP contribution in [-0.4, -0.2) is 27.7 Å². The van der Waals surface area contributed by atoms with Gasteiger partial charge in [0.25, 0.3) is 5.91 Å². The number of carbonyl (C=O) groups excluding carboxylic acids is 1. The van der Waals surface area contributed by atoms with Crippen LogP contribution in [0.5, 0.6) is 0 Å². The zero-order chi connectivity index (χ0) is 16.8. The highest BCUT2D eigenvalue weighted by molar-refractivity contribution is 8.01. The highest BCUT2D eigenvalue weighted by Crippen LogP contribution is 2.35. The van der Waals surface area contributed by atoms with E-state index in [2.05, 4.69) is 20.5 Å². The molecule has 0 unspecified atom stereocenters. The van der Waals surface area contributed by atoms with Crippen molar-refractivity contribution < 1.29 is 9.53 Å². The molecule has 0 spiro atoms. The van der Waals surface area contributed by atoms with Crippen LogP contribution in [0, 0.1) is 0 Å². The number of fused-ring (bicyclic) bond motifs is 1. The topological polar surface area (TPSA) is 77.0 Å². The van der Waals surface area contributed by atoms with Gasteiger partial charge in [-0.05, 0) is 19.1 Å². The molecule has 0 atom stereocenters. The SMILES string of the molecule is C/C=C/OCC(=O)Nc1nnc(Sc2ccnc3ccccc23)s1. The molecule has 0 bridgehead atoms. The lowest BCUT2D eigenvalue weighted by atomic mass is 10.2. The van der Waals surface area contributed by atoms with Crippen LogP contribution in [0.15, 0.2) is 58.1 Å². The van der Waals surface area contributed by atoms with Gasteiger partial charge >= 0.3 is 0 Å². The summed E-state index contributed by atoms with van der Waals surface area (Å²) in [6.45, 7) is 1.76. The average Bonchev–Trinajstić information content (AvgIpc) is 3.02. The maximum atomic E-state index is 11.7. The van der Waals surface area contributed by atoms with Crippen molar-refractivity contribution in [2.24, 2.45) is 0 Å². The first-order valence-electron chi connectivity index (χ1n) is 7.14. The van der Waals surface area contributed by atoms with Gasteiger partial charge in [0.1, 0.15) is 0 Å². The maximum absolute atomic E-state index is 11.7. The molecule has 8 heteroatoms. The molecule has 3 rings (SSSR count). The van der Waals surface area contributed by atoms with E-state index in [0.29, 0.717) is 5.13 Å². The number of hydrogen-bond donors (Lipinski definition) is 1. The van der Waals surface area contributed by atoms with Crippen LogP contribution >= 0.6 is 23.1 Å². The van der Waals surface area contributed by atoms with Gasteiger partial charge in [-0.1, -0.05) is 47.4 Å². The summed E-state index contributed by atoms with van der Waals surface area (Å²) in [7, 11) is 0. The van der Waals surface area contributed by atoms with E-state index in [1.54, 1.807) is 12.3 Å². The van der Waals surface area contributed by atoms with E-state index >= 15 is 0 Å². The van der Waals surface area contributed by atoms with E-state index in [4.69, 9.17) is 4.74 Å². The summed E-state index contributed by atoms with van der Waals surface area (Å²) in [4.78, 5) is 17.1. The molecule has 0 aliphatic carbocycles. The van der Waals surface area contributed by atoms with Crippen LogP contribution in [0.25, 0.3) is 10.9 Å². The Balaban J connectivity index is 1.68. The predicted octanol–water partition coefficient (Wildman–Crippen LogP) is 3.73. The lowest BCUT2D eigenvalue weighted by molar-refractivity contribution is -0.119. The van der Waals surface area contributed by atoms with Crippen molar-refractivity contribution in [2.75, 3.05) is 11.9 Å². The molecule has 122 valence electrons. The number of pyridine rings is 1. The second-order valence-corrected chi connectivity index (χ2v) is 6.90. The molecule has 0 saturated heterocycles. The van der Waals surface area contributed by atoms with Gasteiger partial charge in [0.15, 0.2) is 10.9 Å². The van der Waals surface area contributed by atoms with Crippen LogP contribution in [0.4, 0.5) is 5.13 Å². The quantitative estimate of drug-likeness (QED) is 0.534. The third kappa shape index (κ3) is 4.09. The Labute approximate surface area is 147 Å². The number of allylic oxidation sites excluding steroid dienone is 1. The van der Waals surface area contributed by atoms with E-state index in [1.807, 2.05) is 37.3 Å². The number of hydrogen-bond acceptors (Lipinski definition) is 7. The summed E-state index contributed by atoms with van der Waals surface area (Å²) >= 11 is 2.82. The molecular formula is C16H14N4O2S2. The Bertz CT molecular complexity index is 874. The van der Waals surface area contributed by atoms with Crippen LogP contribution in [0.2, 0.25) is 0 Å². The van der Waals surface area contributed by atoms with Crippen molar-refractivity contribution in [3.05, 3.63) is 48.9 Å². The Morgan fingerprint density at radius 1 is 1.33 bits per heavy atom. The van der Waals surface area contributed by atoms with E-state index in [0.717, 1.165) is 20.1 Å². The number of carbonyl (C=O) groups is 1. The van der Waals surface area contributed by atoms with Gasteiger partial charge in [0, 0.05) is 16.5 Å². The third-order valence-electron chi connectivity index (χ3n) is 2.91. The van der Waals surface area contributed by atoms with Crippen LogP contribution in [0.1, 0.15) is 6.92 Å². The maximum Gasteiger partial charge on any atom is 0.264 e. The molecule has 0 fully saturated rings. The molecule has 6 nitrogen and oxygen atoms in total. The summed E-state index contributed by atoms with van der Waals surface area (Å²) in [5.41, 5.74) is 0.932. The van der Waals surface area contributed by atoms with Crippen molar-refractivity contribution in [1.29, 1.82) is 0 Å². The zero-order valence-electron chi connectivity index (χ0n) is 12.8. The molecule has 0 radical (unpaired) electrons. The highest BCUT2D eigenvalue weighted by Gasteiger charge is 2.11. The minimum atomic E-state index is -0.268. The monoisotopic (exact) mass is 358 g/mol. The van der Waals surface area contributed by atoms with Gasteiger partial charge in [-0.2, -0.15) is 0 Å². The number of anilines is 1. The van der Waals surface area contributed by atoms with Gasteiger partial charge in [-0.25, -0.2) is 0 Å². The van der Waals surface area contributed by atoms with Crippen molar-refractivity contribution in [3.8, 4) is 0 Å². The Morgan fingerprint density at radius 3 is 3.08 bits per heavy atom. The molecule has 24 heavy (non-hydrogen) atoms. The Morgan fingerprint density at radius 2 is 2.21 bits per heavy atom. The summed E-state index contributed by atoms with van der Waals surface area (Å²) in [5.74, 6) is -0.268. The first-order valence-corrected chi connectivity index (χ1v) is 8.77. The number of para-hydroxylation sites is 1. The van der Waals surface area contributed by atoms with Crippen LogP contribution in [0.3, 0.4) is 0 Å². The largest absolute Gasteiger partial charge is 0.492 e. The summed E-state index contributed by atoms with van der Waals surface area (Å²) in [6, 6.07) is 9.86. The fourth-order valence-electron chi connectivity index (χ4n) is 1.93. The molecule has 0 aliphatic rings. The lowest BCUT2D eigenvalue weighted by Crippen LogP contribution is -2.16. The lowest BCUT2D eigenvalue weighted by Gasteiger charge is -2.02. The number of nitrogens with zero attached hydrogens (tertiary/aromatic N) is 3. The van der Waals surface area contributed by atoms with Crippen molar-refractivity contribution in [2.45, 2.75) is 16.2 Å².